The number of aryl methyl sites for hydroxylation is 1. The van der Waals surface area contributed by atoms with E-state index < -0.39 is 0 Å². The number of hydrogen-bond acceptors (Lipinski definition) is 7. The molecule has 0 saturated carbocycles. The second-order valence-corrected chi connectivity index (χ2v) is 6.59. The molecule has 2 aromatic rings. The molecule has 2 aromatic heterocycles. The van der Waals surface area contributed by atoms with Crippen molar-refractivity contribution in [2.24, 2.45) is 0 Å². The Kier molecular flexibility index (Phi) is 4.30. The van der Waals surface area contributed by atoms with Gasteiger partial charge in [-0.05, 0) is 13.3 Å². The van der Waals surface area contributed by atoms with E-state index in [0.29, 0.717) is 25.0 Å². The highest BCUT2D eigenvalue weighted by Crippen LogP contribution is 2.30. The van der Waals surface area contributed by atoms with E-state index >= 15 is 0 Å². The summed E-state index contributed by atoms with van der Waals surface area (Å²) >= 11 is 0. The zero-order valence-corrected chi connectivity index (χ0v) is 14.5. The number of aliphatic hydroxyl groups excluding tert-OH is 1. The first-order chi connectivity index (χ1) is 12.2. The topological polar surface area (TPSA) is 102 Å². The van der Waals surface area contributed by atoms with E-state index in [-0.39, 0.29) is 6.61 Å². The van der Waals surface area contributed by atoms with Crippen molar-refractivity contribution in [3.63, 3.8) is 0 Å². The number of fused-ring (bicyclic) bond motifs is 1. The second-order valence-electron chi connectivity index (χ2n) is 6.59. The lowest BCUT2D eigenvalue weighted by Gasteiger charge is -2.29. The molecule has 0 spiro atoms. The summed E-state index contributed by atoms with van der Waals surface area (Å²) in [6.07, 6.45) is 1.85. The van der Waals surface area contributed by atoms with Gasteiger partial charge in [0.05, 0.1) is 24.6 Å². The van der Waals surface area contributed by atoms with E-state index in [9.17, 15) is 5.11 Å². The summed E-state index contributed by atoms with van der Waals surface area (Å²) in [4.78, 5) is 11.1. The number of nitrogens with zero attached hydrogens (tertiary/aromatic N) is 5. The van der Waals surface area contributed by atoms with Crippen LogP contribution < -0.4 is 10.6 Å². The number of aliphatic hydroxyl groups is 1. The molecule has 2 aliphatic heterocycles. The monoisotopic (exact) mass is 344 g/mol. The highest BCUT2D eigenvalue weighted by atomic mass is 16.5. The molecule has 134 valence electrons. The maximum absolute atomic E-state index is 9.64. The molecule has 1 atom stereocenters. The van der Waals surface area contributed by atoms with Crippen molar-refractivity contribution < 1.29 is 9.84 Å². The Morgan fingerprint density at radius 1 is 1.40 bits per heavy atom. The van der Waals surface area contributed by atoms with E-state index in [1.165, 1.54) is 5.69 Å². The molecule has 0 aliphatic carbocycles. The third-order valence-electron chi connectivity index (χ3n) is 5.09. The van der Waals surface area contributed by atoms with Crippen LogP contribution in [0.3, 0.4) is 0 Å². The number of hydrogen-bond donors (Lipinski definition) is 2. The first-order valence-electron chi connectivity index (χ1n) is 8.85. The lowest BCUT2D eigenvalue weighted by molar-refractivity contribution is 0.193. The van der Waals surface area contributed by atoms with E-state index in [1.54, 1.807) is 0 Å². The molecule has 0 radical (unpaired) electrons. The van der Waals surface area contributed by atoms with E-state index in [2.05, 4.69) is 26.9 Å². The van der Waals surface area contributed by atoms with Gasteiger partial charge >= 0.3 is 0 Å². The standard InChI is InChI=1S/C17H24N6O2/c1-2-23-15-3-5-22(8-12(15)14(9-24)21-23)16-7-13(19-17(18)20-16)11-4-6-25-10-11/h7,11,24H,2-6,8-10H2,1H3,(H2,18,19,20)/t11-/m0/s1. The van der Waals surface area contributed by atoms with Crippen molar-refractivity contribution in [3.8, 4) is 0 Å². The number of nitrogen functional groups attached to an aromatic ring is 1. The fraction of sp³-hybridized carbons (Fsp3) is 0.588. The van der Waals surface area contributed by atoms with Crippen LogP contribution in [0.15, 0.2) is 6.07 Å². The molecular formula is C17H24N6O2. The lowest BCUT2D eigenvalue weighted by Crippen LogP contribution is -2.32. The van der Waals surface area contributed by atoms with Crippen molar-refractivity contribution in [1.82, 2.24) is 19.7 Å². The molecule has 1 fully saturated rings. The van der Waals surface area contributed by atoms with Gasteiger partial charge in [-0.1, -0.05) is 0 Å². The Hall–Kier alpha value is -2.19. The highest BCUT2D eigenvalue weighted by Gasteiger charge is 2.27. The first-order valence-corrected chi connectivity index (χ1v) is 8.85. The number of rotatable bonds is 4. The van der Waals surface area contributed by atoms with Crippen LogP contribution in [0, 0.1) is 0 Å². The van der Waals surface area contributed by atoms with E-state index in [1.807, 2.05) is 10.7 Å². The van der Waals surface area contributed by atoms with Gasteiger partial charge in [-0.2, -0.15) is 10.1 Å². The summed E-state index contributed by atoms with van der Waals surface area (Å²) in [5.41, 5.74) is 10.0. The third kappa shape index (κ3) is 2.96. The van der Waals surface area contributed by atoms with Crippen LogP contribution in [0.1, 0.15) is 41.9 Å². The number of anilines is 2. The molecule has 4 rings (SSSR count). The predicted molar refractivity (Wildman–Crippen MR) is 93.2 cm³/mol. The molecule has 4 heterocycles. The lowest BCUT2D eigenvalue weighted by atomic mass is 10.0. The third-order valence-corrected chi connectivity index (χ3v) is 5.09. The molecule has 25 heavy (non-hydrogen) atoms. The van der Waals surface area contributed by atoms with E-state index in [4.69, 9.17) is 10.5 Å². The molecule has 0 bridgehead atoms. The van der Waals surface area contributed by atoms with Crippen LogP contribution in [0.5, 0.6) is 0 Å². The van der Waals surface area contributed by atoms with Crippen LogP contribution in [0.25, 0.3) is 0 Å². The number of ether oxygens (including phenoxy) is 1. The summed E-state index contributed by atoms with van der Waals surface area (Å²) in [5.74, 6) is 1.44. The molecule has 8 nitrogen and oxygen atoms in total. The van der Waals surface area contributed by atoms with Crippen LogP contribution in [-0.2, 0) is 30.9 Å². The van der Waals surface area contributed by atoms with Crippen LogP contribution in [0.2, 0.25) is 0 Å². The molecule has 0 amide bonds. The summed E-state index contributed by atoms with van der Waals surface area (Å²) < 4.78 is 7.47. The molecule has 3 N–H and O–H groups in total. The quantitative estimate of drug-likeness (QED) is 0.847. The van der Waals surface area contributed by atoms with Crippen LogP contribution in [-0.4, -0.2) is 44.6 Å². The number of aromatic nitrogens is 4. The zero-order valence-electron chi connectivity index (χ0n) is 14.5. The van der Waals surface area contributed by atoms with Gasteiger partial charge in [-0.15, -0.1) is 0 Å². The fourth-order valence-corrected chi connectivity index (χ4v) is 3.76. The molecule has 0 unspecified atom stereocenters. The Morgan fingerprint density at radius 2 is 2.28 bits per heavy atom. The maximum Gasteiger partial charge on any atom is 0.222 e. The van der Waals surface area contributed by atoms with Gasteiger partial charge < -0.3 is 20.5 Å². The largest absolute Gasteiger partial charge is 0.390 e. The molecule has 8 heteroatoms. The van der Waals surface area contributed by atoms with Crippen molar-refractivity contribution in [2.45, 2.75) is 45.4 Å². The maximum atomic E-state index is 9.64. The van der Waals surface area contributed by atoms with Gasteiger partial charge in [0.1, 0.15) is 5.82 Å². The van der Waals surface area contributed by atoms with E-state index in [0.717, 1.165) is 55.3 Å². The smallest absolute Gasteiger partial charge is 0.222 e. The Bertz CT molecular complexity index is 769. The van der Waals surface area contributed by atoms with Crippen molar-refractivity contribution in [1.29, 1.82) is 0 Å². The molecule has 2 aliphatic rings. The minimum atomic E-state index is -0.0419. The van der Waals surface area contributed by atoms with Gasteiger partial charge in [-0.25, -0.2) is 4.98 Å². The average molecular weight is 344 g/mol. The van der Waals surface area contributed by atoms with Gasteiger partial charge in [0.25, 0.3) is 0 Å². The fourth-order valence-electron chi connectivity index (χ4n) is 3.76. The Labute approximate surface area is 146 Å². The second kappa shape index (κ2) is 6.61. The zero-order chi connectivity index (χ0) is 17.4. The number of nitrogens with two attached hydrogens (primary N) is 1. The minimum absolute atomic E-state index is 0.0419. The van der Waals surface area contributed by atoms with Gasteiger partial charge in [-0.3, -0.25) is 4.68 Å². The van der Waals surface area contributed by atoms with Crippen LogP contribution >= 0.6 is 0 Å². The van der Waals surface area contributed by atoms with Gasteiger partial charge in [0.2, 0.25) is 5.95 Å². The Balaban J connectivity index is 1.64. The Morgan fingerprint density at radius 3 is 3.00 bits per heavy atom. The average Bonchev–Trinajstić information content (AvgIpc) is 3.28. The summed E-state index contributed by atoms with van der Waals surface area (Å²) in [6, 6.07) is 2.03. The van der Waals surface area contributed by atoms with Gasteiger partial charge in [0.15, 0.2) is 0 Å². The summed E-state index contributed by atoms with van der Waals surface area (Å²) in [5, 5.41) is 14.2. The molecular weight excluding hydrogens is 320 g/mol. The van der Waals surface area contributed by atoms with Gasteiger partial charge in [0, 0.05) is 55.9 Å². The van der Waals surface area contributed by atoms with Crippen molar-refractivity contribution in [2.75, 3.05) is 30.4 Å². The van der Waals surface area contributed by atoms with Crippen LogP contribution in [0.4, 0.5) is 11.8 Å². The SMILES string of the molecule is CCn1nc(CO)c2c1CCN(c1cc([C@H]3CCOC3)nc(N)n1)C2. The predicted octanol–water partition coefficient (Wildman–Crippen LogP) is 0.834. The van der Waals surface area contributed by atoms with Crippen molar-refractivity contribution >= 4 is 11.8 Å². The molecule has 1 saturated heterocycles. The first kappa shape index (κ1) is 16.3. The normalized spacial score (nSPS) is 20.1. The summed E-state index contributed by atoms with van der Waals surface area (Å²) in [6.45, 7) is 5.84. The molecule has 0 aromatic carbocycles. The highest BCUT2D eigenvalue weighted by molar-refractivity contribution is 5.48. The minimum Gasteiger partial charge on any atom is -0.390 e. The van der Waals surface area contributed by atoms with Crippen molar-refractivity contribution in [3.05, 3.63) is 28.7 Å². The summed E-state index contributed by atoms with van der Waals surface area (Å²) in [7, 11) is 0.